The van der Waals surface area contributed by atoms with E-state index < -0.39 is 0 Å². The van der Waals surface area contributed by atoms with E-state index >= 15 is 0 Å². The molecule has 0 N–H and O–H groups in total. The summed E-state index contributed by atoms with van der Waals surface area (Å²) in [4.78, 5) is 27.0. The molecule has 0 bridgehead atoms. The van der Waals surface area contributed by atoms with Gasteiger partial charge in [0.05, 0.1) is 36.7 Å². The Morgan fingerprint density at radius 3 is 2.72 bits per heavy atom. The number of hydrogen-bond acceptors (Lipinski definition) is 7. The molecule has 0 spiro atoms. The second-order valence-electron chi connectivity index (χ2n) is 6.39. The van der Waals surface area contributed by atoms with Crippen LogP contribution in [0.3, 0.4) is 0 Å². The van der Waals surface area contributed by atoms with E-state index in [1.807, 2.05) is 24.3 Å². The fraction of sp³-hybridized carbons (Fsp3) is 0.150. The fourth-order valence-corrected chi connectivity index (χ4v) is 3.19. The number of benzene rings is 1. The molecule has 0 aliphatic heterocycles. The zero-order valence-electron chi connectivity index (χ0n) is 15.5. The quantitative estimate of drug-likeness (QED) is 0.429. The van der Waals surface area contributed by atoms with Crippen molar-refractivity contribution in [1.29, 1.82) is 0 Å². The van der Waals surface area contributed by atoms with Crippen molar-refractivity contribution in [3.8, 4) is 0 Å². The van der Waals surface area contributed by atoms with E-state index in [9.17, 15) is 4.79 Å². The van der Waals surface area contributed by atoms with Gasteiger partial charge in [0.1, 0.15) is 23.0 Å². The molecule has 0 unspecified atom stereocenters. The summed E-state index contributed by atoms with van der Waals surface area (Å²) in [7, 11) is 1.59. The van der Waals surface area contributed by atoms with Crippen LogP contribution < -0.4 is 5.56 Å². The molecule has 0 aliphatic rings. The number of aromatic nitrogens is 5. The molecule has 0 amide bonds. The molecule has 9 nitrogen and oxygen atoms in total. The Bertz CT molecular complexity index is 1420. The van der Waals surface area contributed by atoms with Crippen molar-refractivity contribution in [2.45, 2.75) is 6.54 Å². The molecular weight excluding hydrogens is 372 g/mol. The lowest BCUT2D eigenvalue weighted by Gasteiger charge is -2.04. The highest BCUT2D eigenvalue weighted by molar-refractivity contribution is 6.04. The SMILES string of the molecule is COCCn1cnc2c(c1=O)c1nc3ccccc3nc1n2/N=C\c1ccco1. The number of hydrogen-bond donors (Lipinski definition) is 0. The zero-order valence-corrected chi connectivity index (χ0v) is 15.5. The standard InChI is InChI=1S/C20H16N6O3/c1-28-10-8-25-12-21-18-16(20(25)27)17-19(24-15-7-3-2-6-14(15)23-17)26(18)22-11-13-5-4-9-29-13/h2-7,9,11-12H,8,10H2,1H3/b22-11-. The maximum Gasteiger partial charge on any atom is 0.265 e. The van der Waals surface area contributed by atoms with Gasteiger partial charge in [-0.3, -0.25) is 9.36 Å². The number of ether oxygens (including phenoxy) is 1. The van der Waals surface area contributed by atoms with Crippen LogP contribution in [0.15, 0.2) is 63.3 Å². The first-order valence-corrected chi connectivity index (χ1v) is 8.99. The second kappa shape index (κ2) is 6.95. The molecule has 4 aromatic heterocycles. The number of fused-ring (bicyclic) bond motifs is 4. The van der Waals surface area contributed by atoms with E-state index in [0.717, 1.165) is 0 Å². The highest BCUT2D eigenvalue weighted by Gasteiger charge is 2.19. The molecule has 0 radical (unpaired) electrons. The molecule has 0 saturated carbocycles. The van der Waals surface area contributed by atoms with Crippen LogP contribution in [0.25, 0.3) is 33.2 Å². The number of furan rings is 1. The van der Waals surface area contributed by atoms with Gasteiger partial charge in [0, 0.05) is 7.11 Å². The second-order valence-corrected chi connectivity index (χ2v) is 6.39. The largest absolute Gasteiger partial charge is 0.463 e. The van der Waals surface area contributed by atoms with Crippen molar-refractivity contribution < 1.29 is 9.15 Å². The maximum atomic E-state index is 13.1. The van der Waals surface area contributed by atoms with Crippen LogP contribution >= 0.6 is 0 Å². The minimum Gasteiger partial charge on any atom is -0.463 e. The van der Waals surface area contributed by atoms with Crippen LogP contribution in [0, 0.1) is 0 Å². The van der Waals surface area contributed by atoms with Crippen LogP contribution in [0.5, 0.6) is 0 Å². The molecule has 0 aliphatic carbocycles. The normalized spacial score (nSPS) is 12.0. The van der Waals surface area contributed by atoms with Gasteiger partial charge in [-0.1, -0.05) is 12.1 Å². The Hall–Kier alpha value is -3.85. The van der Waals surface area contributed by atoms with Crippen molar-refractivity contribution in [2.75, 3.05) is 13.7 Å². The molecule has 1 aromatic carbocycles. The van der Waals surface area contributed by atoms with Gasteiger partial charge in [0.2, 0.25) is 0 Å². The van der Waals surface area contributed by atoms with Gasteiger partial charge in [-0.05, 0) is 24.3 Å². The highest BCUT2D eigenvalue weighted by Crippen LogP contribution is 2.24. The first-order valence-electron chi connectivity index (χ1n) is 8.99. The highest BCUT2D eigenvalue weighted by atomic mass is 16.5. The molecule has 144 valence electrons. The third-order valence-electron chi connectivity index (χ3n) is 4.59. The maximum absolute atomic E-state index is 13.1. The molecule has 0 atom stereocenters. The third kappa shape index (κ3) is 2.88. The lowest BCUT2D eigenvalue weighted by atomic mass is 10.3. The summed E-state index contributed by atoms with van der Waals surface area (Å²) in [6.07, 6.45) is 4.60. The van der Waals surface area contributed by atoms with Gasteiger partial charge >= 0.3 is 0 Å². The Morgan fingerprint density at radius 1 is 1.14 bits per heavy atom. The summed E-state index contributed by atoms with van der Waals surface area (Å²) in [5, 5.41) is 4.83. The van der Waals surface area contributed by atoms with Crippen LogP contribution in [0.4, 0.5) is 0 Å². The summed E-state index contributed by atoms with van der Waals surface area (Å²) in [6.45, 7) is 0.790. The predicted molar refractivity (Wildman–Crippen MR) is 108 cm³/mol. The smallest absolute Gasteiger partial charge is 0.265 e. The van der Waals surface area contributed by atoms with E-state index in [0.29, 0.717) is 52.1 Å². The Kier molecular flexibility index (Phi) is 4.14. The molecule has 5 rings (SSSR count). The summed E-state index contributed by atoms with van der Waals surface area (Å²) >= 11 is 0. The van der Waals surface area contributed by atoms with E-state index in [2.05, 4.69) is 15.1 Å². The number of methoxy groups -OCH3 is 1. The van der Waals surface area contributed by atoms with E-state index in [4.69, 9.17) is 14.1 Å². The van der Waals surface area contributed by atoms with E-state index in [1.54, 1.807) is 31.7 Å². The summed E-state index contributed by atoms with van der Waals surface area (Å²) in [5.41, 5.74) is 2.48. The van der Waals surface area contributed by atoms with Crippen molar-refractivity contribution in [3.05, 3.63) is 65.1 Å². The Balaban J connectivity index is 1.84. The van der Waals surface area contributed by atoms with Gasteiger partial charge in [0.25, 0.3) is 5.56 Å². The van der Waals surface area contributed by atoms with Gasteiger partial charge in [-0.25, -0.2) is 15.0 Å². The molecule has 29 heavy (non-hydrogen) atoms. The van der Waals surface area contributed by atoms with E-state index in [1.165, 1.54) is 15.6 Å². The molecule has 9 heteroatoms. The van der Waals surface area contributed by atoms with Crippen LogP contribution in [-0.2, 0) is 11.3 Å². The average Bonchev–Trinajstić information content (AvgIpc) is 3.36. The lowest BCUT2D eigenvalue weighted by molar-refractivity contribution is 0.186. The zero-order chi connectivity index (χ0) is 19.8. The molecule has 5 aromatic rings. The van der Waals surface area contributed by atoms with Crippen molar-refractivity contribution >= 4 is 39.4 Å². The monoisotopic (exact) mass is 388 g/mol. The summed E-state index contributed by atoms with van der Waals surface area (Å²) in [6, 6.07) is 11.0. The van der Waals surface area contributed by atoms with Crippen LogP contribution in [0.1, 0.15) is 5.76 Å². The van der Waals surface area contributed by atoms with Gasteiger partial charge in [-0.15, -0.1) is 0 Å². The van der Waals surface area contributed by atoms with Crippen LogP contribution in [0.2, 0.25) is 0 Å². The predicted octanol–water partition coefficient (Wildman–Crippen LogP) is 2.42. The number of para-hydroxylation sites is 2. The van der Waals surface area contributed by atoms with Crippen molar-refractivity contribution in [1.82, 2.24) is 24.2 Å². The van der Waals surface area contributed by atoms with Crippen molar-refractivity contribution in [3.63, 3.8) is 0 Å². The fourth-order valence-electron chi connectivity index (χ4n) is 3.19. The molecule has 4 heterocycles. The topological polar surface area (TPSA) is 100 Å². The van der Waals surface area contributed by atoms with E-state index in [-0.39, 0.29) is 5.56 Å². The minimum absolute atomic E-state index is 0.214. The first kappa shape index (κ1) is 17.3. The van der Waals surface area contributed by atoms with Crippen LogP contribution in [-0.4, -0.2) is 44.1 Å². The van der Waals surface area contributed by atoms with Gasteiger partial charge in [0.15, 0.2) is 11.3 Å². The van der Waals surface area contributed by atoms with Crippen molar-refractivity contribution in [2.24, 2.45) is 5.10 Å². The molecular formula is C20H16N6O3. The summed E-state index contributed by atoms with van der Waals surface area (Å²) < 4.78 is 13.4. The summed E-state index contributed by atoms with van der Waals surface area (Å²) in [5.74, 6) is 0.571. The number of nitrogens with zero attached hydrogens (tertiary/aromatic N) is 6. The lowest BCUT2D eigenvalue weighted by Crippen LogP contribution is -2.22. The Morgan fingerprint density at radius 2 is 1.97 bits per heavy atom. The minimum atomic E-state index is -0.214. The molecule has 0 fully saturated rings. The molecule has 0 saturated heterocycles. The third-order valence-corrected chi connectivity index (χ3v) is 4.59. The first-order chi connectivity index (χ1) is 14.3. The number of rotatable bonds is 5. The van der Waals surface area contributed by atoms with Gasteiger partial charge in [-0.2, -0.15) is 9.78 Å². The average molecular weight is 388 g/mol. The van der Waals surface area contributed by atoms with Gasteiger partial charge < -0.3 is 9.15 Å². The Labute approximate surface area is 163 Å².